The predicted octanol–water partition coefficient (Wildman–Crippen LogP) is 3.72. The second kappa shape index (κ2) is 6.90. The first kappa shape index (κ1) is 17.1. The van der Waals surface area contributed by atoms with E-state index in [1.165, 1.54) is 7.11 Å². The molecule has 5 heteroatoms. The standard InChI is InChI=1S/C12H25BrO3Si/c1-12(2,3)17(5,6)16-10(7-8-13)9-11(14)15-4/h10H,7-9H2,1-6H3. The number of carbonyl (C=O) groups is 1. The van der Waals surface area contributed by atoms with Crippen molar-refractivity contribution in [3.63, 3.8) is 0 Å². The van der Waals surface area contributed by atoms with Crippen molar-refractivity contribution in [3.05, 3.63) is 0 Å². The van der Waals surface area contributed by atoms with Crippen LogP contribution < -0.4 is 0 Å². The van der Waals surface area contributed by atoms with Crippen LogP contribution in [0.25, 0.3) is 0 Å². The molecule has 0 rings (SSSR count). The summed E-state index contributed by atoms with van der Waals surface area (Å²) in [6.07, 6.45) is 1.14. The summed E-state index contributed by atoms with van der Waals surface area (Å²) < 4.78 is 10.9. The van der Waals surface area contributed by atoms with E-state index in [1.54, 1.807) is 0 Å². The van der Waals surface area contributed by atoms with Crippen molar-refractivity contribution in [2.24, 2.45) is 0 Å². The van der Waals surface area contributed by atoms with Crippen LogP contribution in [0.5, 0.6) is 0 Å². The Morgan fingerprint density at radius 2 is 1.88 bits per heavy atom. The Balaban J connectivity index is 4.58. The SMILES string of the molecule is COC(=O)CC(CCBr)O[Si](C)(C)C(C)(C)C. The number of carbonyl (C=O) groups excluding carboxylic acids is 1. The van der Waals surface area contributed by atoms with E-state index < -0.39 is 8.32 Å². The third kappa shape index (κ3) is 6.02. The summed E-state index contributed by atoms with van der Waals surface area (Å²) in [7, 11) is -0.397. The van der Waals surface area contributed by atoms with Gasteiger partial charge in [0.25, 0.3) is 0 Å². The van der Waals surface area contributed by atoms with E-state index in [0.29, 0.717) is 6.42 Å². The Hall–Kier alpha value is 0.127. The number of ether oxygens (including phenoxy) is 1. The molecule has 0 N–H and O–H groups in total. The number of hydrogen-bond donors (Lipinski definition) is 0. The van der Waals surface area contributed by atoms with Crippen LogP contribution >= 0.6 is 15.9 Å². The van der Waals surface area contributed by atoms with Gasteiger partial charge in [0.05, 0.1) is 19.6 Å². The lowest BCUT2D eigenvalue weighted by Crippen LogP contribution is -2.44. The van der Waals surface area contributed by atoms with Gasteiger partial charge in [0.2, 0.25) is 0 Å². The zero-order valence-corrected chi connectivity index (χ0v) is 14.4. The fraction of sp³-hybridized carbons (Fsp3) is 0.917. The van der Waals surface area contributed by atoms with Crippen LogP contribution in [0.4, 0.5) is 0 Å². The number of esters is 1. The van der Waals surface area contributed by atoms with Crippen LogP contribution in [-0.4, -0.2) is 32.8 Å². The highest BCUT2D eigenvalue weighted by Crippen LogP contribution is 2.38. The largest absolute Gasteiger partial charge is 0.469 e. The quantitative estimate of drug-likeness (QED) is 0.424. The highest BCUT2D eigenvalue weighted by Gasteiger charge is 2.39. The molecular formula is C12H25BrO3Si. The molecule has 3 nitrogen and oxygen atoms in total. The third-order valence-corrected chi connectivity index (χ3v) is 8.31. The molecule has 0 aliphatic carbocycles. The summed E-state index contributed by atoms with van der Waals surface area (Å²) in [5.74, 6) is -0.199. The molecular weight excluding hydrogens is 300 g/mol. The number of halogens is 1. The summed E-state index contributed by atoms with van der Waals surface area (Å²) in [6, 6.07) is 0. The number of rotatable bonds is 6. The molecule has 1 unspecified atom stereocenters. The van der Waals surface area contributed by atoms with E-state index in [-0.39, 0.29) is 17.1 Å². The Morgan fingerprint density at radius 3 is 2.24 bits per heavy atom. The number of methoxy groups -OCH3 is 1. The average Bonchev–Trinajstić information content (AvgIpc) is 2.15. The van der Waals surface area contributed by atoms with Crippen LogP contribution in [0.3, 0.4) is 0 Å². The first-order chi connectivity index (χ1) is 7.64. The van der Waals surface area contributed by atoms with Crippen LogP contribution in [-0.2, 0) is 14.0 Å². The van der Waals surface area contributed by atoms with Crippen molar-refractivity contribution in [3.8, 4) is 0 Å². The van der Waals surface area contributed by atoms with Gasteiger partial charge in [-0.25, -0.2) is 0 Å². The van der Waals surface area contributed by atoms with Gasteiger partial charge in [0, 0.05) is 5.33 Å². The molecule has 0 aromatic rings. The van der Waals surface area contributed by atoms with E-state index in [0.717, 1.165) is 11.8 Å². The summed E-state index contributed by atoms with van der Waals surface area (Å²) in [5, 5.41) is 0.997. The molecule has 0 fully saturated rings. The van der Waals surface area contributed by atoms with Crippen LogP contribution in [0.1, 0.15) is 33.6 Å². The van der Waals surface area contributed by atoms with Crippen molar-refractivity contribution in [2.75, 3.05) is 12.4 Å². The lowest BCUT2D eigenvalue weighted by atomic mass is 10.2. The minimum Gasteiger partial charge on any atom is -0.469 e. The minimum absolute atomic E-state index is 0.0392. The number of hydrogen-bond acceptors (Lipinski definition) is 3. The van der Waals surface area contributed by atoms with E-state index in [1.807, 2.05) is 0 Å². The predicted molar refractivity (Wildman–Crippen MR) is 77.1 cm³/mol. The highest BCUT2D eigenvalue weighted by molar-refractivity contribution is 9.09. The van der Waals surface area contributed by atoms with Crippen LogP contribution in [0.2, 0.25) is 18.1 Å². The molecule has 0 saturated heterocycles. The normalized spacial score (nSPS) is 14.5. The lowest BCUT2D eigenvalue weighted by Gasteiger charge is -2.39. The van der Waals surface area contributed by atoms with Gasteiger partial charge in [-0.05, 0) is 24.6 Å². The molecule has 0 spiro atoms. The van der Waals surface area contributed by atoms with Crippen LogP contribution in [0, 0.1) is 0 Å². The molecule has 0 bridgehead atoms. The van der Waals surface area contributed by atoms with Gasteiger partial charge in [0.15, 0.2) is 8.32 Å². The third-order valence-electron chi connectivity index (χ3n) is 3.32. The zero-order chi connectivity index (χ0) is 13.7. The van der Waals surface area contributed by atoms with Crippen LogP contribution in [0.15, 0.2) is 0 Å². The summed E-state index contributed by atoms with van der Waals surface area (Å²) >= 11 is 3.40. The van der Waals surface area contributed by atoms with Crippen molar-refractivity contribution in [1.82, 2.24) is 0 Å². The zero-order valence-electron chi connectivity index (χ0n) is 11.8. The van der Waals surface area contributed by atoms with Crippen molar-refractivity contribution in [1.29, 1.82) is 0 Å². The minimum atomic E-state index is -1.81. The van der Waals surface area contributed by atoms with E-state index in [9.17, 15) is 4.79 Å². The molecule has 0 aliphatic rings. The van der Waals surface area contributed by atoms with Gasteiger partial charge in [-0.1, -0.05) is 36.7 Å². The molecule has 1 atom stereocenters. The second-order valence-corrected chi connectivity index (χ2v) is 11.3. The Bertz CT molecular complexity index is 249. The second-order valence-electron chi connectivity index (χ2n) is 5.76. The maximum absolute atomic E-state index is 11.3. The van der Waals surface area contributed by atoms with Crippen molar-refractivity contribution >= 4 is 30.2 Å². The highest BCUT2D eigenvalue weighted by atomic mass is 79.9. The van der Waals surface area contributed by atoms with Gasteiger partial charge >= 0.3 is 5.97 Å². The van der Waals surface area contributed by atoms with E-state index >= 15 is 0 Å². The molecule has 0 saturated carbocycles. The summed E-state index contributed by atoms with van der Waals surface area (Å²) in [6.45, 7) is 11.0. The molecule has 0 aliphatic heterocycles. The Kier molecular flexibility index (Phi) is 6.95. The topological polar surface area (TPSA) is 35.5 Å². The molecule has 0 aromatic heterocycles. The Labute approximate surface area is 115 Å². The molecule has 0 radical (unpaired) electrons. The summed E-state index contributed by atoms with van der Waals surface area (Å²) in [4.78, 5) is 11.3. The fourth-order valence-electron chi connectivity index (χ4n) is 1.19. The maximum atomic E-state index is 11.3. The molecule has 102 valence electrons. The van der Waals surface area contributed by atoms with E-state index in [2.05, 4.69) is 49.8 Å². The fourth-order valence-corrected chi connectivity index (χ4v) is 3.09. The maximum Gasteiger partial charge on any atom is 0.308 e. The van der Waals surface area contributed by atoms with Gasteiger partial charge in [-0.3, -0.25) is 4.79 Å². The first-order valence-electron chi connectivity index (χ1n) is 5.94. The van der Waals surface area contributed by atoms with Crippen molar-refractivity contribution < 1.29 is 14.0 Å². The molecule has 17 heavy (non-hydrogen) atoms. The Morgan fingerprint density at radius 1 is 1.35 bits per heavy atom. The molecule has 0 amide bonds. The van der Waals surface area contributed by atoms with Gasteiger partial charge < -0.3 is 9.16 Å². The number of alkyl halides is 1. The van der Waals surface area contributed by atoms with E-state index in [4.69, 9.17) is 9.16 Å². The van der Waals surface area contributed by atoms with Gasteiger partial charge in [0.1, 0.15) is 0 Å². The monoisotopic (exact) mass is 324 g/mol. The molecule has 0 aromatic carbocycles. The average molecular weight is 325 g/mol. The van der Waals surface area contributed by atoms with Crippen molar-refractivity contribution in [2.45, 2.75) is 57.8 Å². The first-order valence-corrected chi connectivity index (χ1v) is 9.97. The van der Waals surface area contributed by atoms with Gasteiger partial charge in [-0.2, -0.15) is 0 Å². The van der Waals surface area contributed by atoms with Gasteiger partial charge in [-0.15, -0.1) is 0 Å². The summed E-state index contributed by atoms with van der Waals surface area (Å²) in [5.41, 5.74) is 0. The smallest absolute Gasteiger partial charge is 0.308 e. The molecule has 0 heterocycles. The lowest BCUT2D eigenvalue weighted by molar-refractivity contribution is -0.142.